The van der Waals surface area contributed by atoms with Crippen molar-refractivity contribution in [3.05, 3.63) is 23.7 Å². The lowest BCUT2D eigenvalue weighted by atomic mass is 10.4. The number of amides is 1. The molecule has 0 aromatic carbocycles. The van der Waals surface area contributed by atoms with E-state index in [1.807, 2.05) is 6.92 Å². The summed E-state index contributed by atoms with van der Waals surface area (Å²) in [7, 11) is 0. The van der Waals surface area contributed by atoms with E-state index < -0.39 is 5.97 Å². The van der Waals surface area contributed by atoms with Crippen LogP contribution in [0.5, 0.6) is 0 Å². The molecule has 0 fully saturated rings. The Morgan fingerprint density at radius 1 is 1.41 bits per heavy atom. The Bertz CT molecular complexity index is 387. The average Bonchev–Trinajstić information content (AvgIpc) is 2.75. The molecule has 0 aliphatic heterocycles. The number of carbonyl (C=O) groups excluding carboxylic acids is 1. The summed E-state index contributed by atoms with van der Waals surface area (Å²) in [6.45, 7) is 3.14. The maximum absolute atomic E-state index is 11.2. The van der Waals surface area contributed by atoms with Crippen LogP contribution in [0.1, 0.15) is 29.7 Å². The Morgan fingerprint density at radius 3 is 2.76 bits per heavy atom. The number of hydrogen-bond donors (Lipinski definition) is 3. The van der Waals surface area contributed by atoms with Crippen molar-refractivity contribution >= 4 is 11.9 Å². The van der Waals surface area contributed by atoms with Crippen molar-refractivity contribution in [2.75, 3.05) is 13.1 Å². The Kier molecular flexibility index (Phi) is 5.22. The SMILES string of the molecule is CCCNC(=O)CNCc1ccc(C(=O)O)o1. The van der Waals surface area contributed by atoms with Gasteiger partial charge in [-0.3, -0.25) is 4.79 Å². The third-order valence-corrected chi connectivity index (χ3v) is 2.03. The van der Waals surface area contributed by atoms with Crippen LogP contribution in [0, 0.1) is 0 Å². The number of carbonyl (C=O) groups is 2. The molecule has 0 unspecified atom stereocenters. The Hall–Kier alpha value is -1.82. The molecule has 17 heavy (non-hydrogen) atoms. The van der Waals surface area contributed by atoms with Gasteiger partial charge in [-0.25, -0.2) is 4.79 Å². The van der Waals surface area contributed by atoms with Crippen LogP contribution >= 0.6 is 0 Å². The van der Waals surface area contributed by atoms with E-state index in [-0.39, 0.29) is 18.2 Å². The van der Waals surface area contributed by atoms with Crippen LogP contribution in [0.2, 0.25) is 0 Å². The molecule has 1 heterocycles. The van der Waals surface area contributed by atoms with Crippen LogP contribution in [0.25, 0.3) is 0 Å². The van der Waals surface area contributed by atoms with E-state index in [9.17, 15) is 9.59 Å². The van der Waals surface area contributed by atoms with E-state index in [4.69, 9.17) is 9.52 Å². The van der Waals surface area contributed by atoms with Crippen molar-refractivity contribution in [2.24, 2.45) is 0 Å². The lowest BCUT2D eigenvalue weighted by Crippen LogP contribution is -2.33. The van der Waals surface area contributed by atoms with Gasteiger partial charge in [0.05, 0.1) is 13.1 Å². The maximum Gasteiger partial charge on any atom is 0.371 e. The smallest absolute Gasteiger partial charge is 0.371 e. The molecule has 1 aromatic heterocycles. The van der Waals surface area contributed by atoms with Crippen molar-refractivity contribution in [2.45, 2.75) is 19.9 Å². The summed E-state index contributed by atoms with van der Waals surface area (Å²) in [4.78, 5) is 21.7. The molecule has 0 radical (unpaired) electrons. The normalized spacial score (nSPS) is 10.2. The largest absolute Gasteiger partial charge is 0.475 e. The van der Waals surface area contributed by atoms with Crippen LogP contribution in [-0.4, -0.2) is 30.1 Å². The van der Waals surface area contributed by atoms with Crippen molar-refractivity contribution in [1.82, 2.24) is 10.6 Å². The van der Waals surface area contributed by atoms with Gasteiger partial charge in [-0.05, 0) is 18.6 Å². The molecule has 1 aromatic rings. The maximum atomic E-state index is 11.2. The van der Waals surface area contributed by atoms with Crippen molar-refractivity contribution in [3.8, 4) is 0 Å². The highest BCUT2D eigenvalue weighted by atomic mass is 16.4. The minimum atomic E-state index is -1.10. The number of nitrogens with one attached hydrogen (secondary N) is 2. The summed E-state index contributed by atoms with van der Waals surface area (Å²) in [6.07, 6.45) is 0.895. The highest BCUT2D eigenvalue weighted by Crippen LogP contribution is 2.06. The molecule has 6 heteroatoms. The van der Waals surface area contributed by atoms with E-state index >= 15 is 0 Å². The third-order valence-electron chi connectivity index (χ3n) is 2.03. The number of furan rings is 1. The van der Waals surface area contributed by atoms with Crippen LogP contribution < -0.4 is 10.6 Å². The zero-order valence-corrected chi connectivity index (χ0v) is 9.66. The van der Waals surface area contributed by atoms with Gasteiger partial charge in [0.2, 0.25) is 11.7 Å². The number of hydrogen-bond acceptors (Lipinski definition) is 4. The Morgan fingerprint density at radius 2 is 2.18 bits per heavy atom. The fourth-order valence-electron chi connectivity index (χ4n) is 1.21. The highest BCUT2D eigenvalue weighted by Gasteiger charge is 2.08. The number of rotatable bonds is 7. The molecular formula is C11H16N2O4. The molecule has 0 aliphatic carbocycles. The minimum Gasteiger partial charge on any atom is -0.475 e. The van der Waals surface area contributed by atoms with Crippen LogP contribution in [0.3, 0.4) is 0 Å². The number of aromatic carboxylic acids is 1. The standard InChI is InChI=1S/C11H16N2O4/c1-2-5-13-10(14)7-12-6-8-3-4-9(17-8)11(15)16/h3-4,12H,2,5-7H2,1H3,(H,13,14)(H,15,16). The molecule has 0 bridgehead atoms. The van der Waals surface area contributed by atoms with Crippen LogP contribution in [0.4, 0.5) is 0 Å². The first-order chi connectivity index (χ1) is 8.13. The van der Waals surface area contributed by atoms with Gasteiger partial charge in [0, 0.05) is 6.54 Å². The second-order valence-electron chi connectivity index (χ2n) is 3.52. The second-order valence-corrected chi connectivity index (χ2v) is 3.52. The quantitative estimate of drug-likeness (QED) is 0.649. The predicted octanol–water partition coefficient (Wildman–Crippen LogP) is 0.594. The fourth-order valence-corrected chi connectivity index (χ4v) is 1.21. The molecule has 0 spiro atoms. The van der Waals surface area contributed by atoms with Gasteiger partial charge in [0.15, 0.2) is 0 Å². The highest BCUT2D eigenvalue weighted by molar-refractivity contribution is 5.84. The van der Waals surface area contributed by atoms with Crippen LogP contribution in [-0.2, 0) is 11.3 Å². The Labute approximate surface area is 99.0 Å². The zero-order valence-electron chi connectivity index (χ0n) is 9.66. The molecule has 0 atom stereocenters. The van der Waals surface area contributed by atoms with E-state index in [1.165, 1.54) is 6.07 Å². The van der Waals surface area contributed by atoms with Gasteiger partial charge >= 0.3 is 5.97 Å². The molecule has 0 saturated carbocycles. The first kappa shape index (κ1) is 13.2. The summed E-state index contributed by atoms with van der Waals surface area (Å²) >= 11 is 0. The topological polar surface area (TPSA) is 91.6 Å². The molecule has 3 N–H and O–H groups in total. The molecule has 1 amide bonds. The molecule has 6 nitrogen and oxygen atoms in total. The van der Waals surface area contributed by atoms with E-state index in [0.717, 1.165) is 6.42 Å². The molecule has 1 rings (SSSR count). The Balaban J connectivity index is 2.26. The summed E-state index contributed by atoms with van der Waals surface area (Å²) in [5.74, 6) is -0.795. The zero-order chi connectivity index (χ0) is 12.7. The monoisotopic (exact) mass is 240 g/mol. The molecule has 0 saturated heterocycles. The summed E-state index contributed by atoms with van der Waals surface area (Å²) < 4.78 is 5.01. The molecular weight excluding hydrogens is 224 g/mol. The first-order valence-corrected chi connectivity index (χ1v) is 5.43. The molecule has 0 aliphatic rings. The first-order valence-electron chi connectivity index (χ1n) is 5.43. The van der Waals surface area contributed by atoms with Gasteiger partial charge in [-0.1, -0.05) is 6.92 Å². The summed E-state index contributed by atoms with van der Waals surface area (Å²) in [5, 5.41) is 14.2. The van der Waals surface area contributed by atoms with E-state index in [0.29, 0.717) is 18.8 Å². The van der Waals surface area contributed by atoms with Gasteiger partial charge in [0.1, 0.15) is 5.76 Å². The lowest BCUT2D eigenvalue weighted by Gasteiger charge is -2.03. The van der Waals surface area contributed by atoms with Crippen molar-refractivity contribution in [1.29, 1.82) is 0 Å². The van der Waals surface area contributed by atoms with Gasteiger partial charge < -0.3 is 20.2 Å². The summed E-state index contributed by atoms with van der Waals surface area (Å²) in [5.41, 5.74) is 0. The average molecular weight is 240 g/mol. The van der Waals surface area contributed by atoms with Gasteiger partial charge in [-0.2, -0.15) is 0 Å². The van der Waals surface area contributed by atoms with Crippen molar-refractivity contribution in [3.63, 3.8) is 0 Å². The third kappa shape index (κ3) is 4.69. The summed E-state index contributed by atoms with van der Waals surface area (Å²) in [6, 6.07) is 2.96. The second kappa shape index (κ2) is 6.70. The lowest BCUT2D eigenvalue weighted by molar-refractivity contribution is -0.120. The number of carboxylic acid groups (broad SMARTS) is 1. The van der Waals surface area contributed by atoms with E-state index in [1.54, 1.807) is 6.07 Å². The van der Waals surface area contributed by atoms with E-state index in [2.05, 4.69) is 10.6 Å². The predicted molar refractivity (Wildman–Crippen MR) is 60.7 cm³/mol. The number of carboxylic acids is 1. The fraction of sp³-hybridized carbons (Fsp3) is 0.455. The van der Waals surface area contributed by atoms with Gasteiger partial charge in [0.25, 0.3) is 0 Å². The van der Waals surface area contributed by atoms with Gasteiger partial charge in [-0.15, -0.1) is 0 Å². The van der Waals surface area contributed by atoms with Crippen molar-refractivity contribution < 1.29 is 19.1 Å². The molecule has 94 valence electrons. The van der Waals surface area contributed by atoms with Crippen LogP contribution in [0.15, 0.2) is 16.5 Å². The minimum absolute atomic E-state index is 0.0862.